The third-order valence-corrected chi connectivity index (χ3v) is 7.86. The molecule has 1 aliphatic carbocycles. The van der Waals surface area contributed by atoms with Crippen molar-refractivity contribution in [2.45, 2.75) is 30.8 Å². The molecule has 3 aromatic rings. The molecule has 1 unspecified atom stereocenters. The molecular formula is C23H18N4O5Se. The molecule has 2 aliphatic rings. The average molecular weight is 509 g/mol. The van der Waals surface area contributed by atoms with E-state index in [1.807, 2.05) is 19.9 Å². The number of ether oxygens (including phenoxy) is 1. The van der Waals surface area contributed by atoms with Gasteiger partial charge in [-0.3, -0.25) is 0 Å². The Morgan fingerprint density at radius 1 is 1.09 bits per heavy atom. The predicted octanol–water partition coefficient (Wildman–Crippen LogP) is 2.24. The summed E-state index contributed by atoms with van der Waals surface area (Å²) in [6.45, 7) is 3.72. The molecule has 5 rings (SSSR count). The fourth-order valence-electron chi connectivity index (χ4n) is 4.17. The Morgan fingerprint density at radius 2 is 1.79 bits per heavy atom. The second-order valence-corrected chi connectivity index (χ2v) is 10.5. The van der Waals surface area contributed by atoms with Crippen LogP contribution >= 0.6 is 0 Å². The molecule has 2 aromatic carbocycles. The monoisotopic (exact) mass is 510 g/mol. The predicted molar refractivity (Wildman–Crippen MR) is 119 cm³/mol. The molecule has 0 radical (unpaired) electrons. The van der Waals surface area contributed by atoms with Gasteiger partial charge in [-0.05, 0) is 0 Å². The van der Waals surface area contributed by atoms with Gasteiger partial charge < -0.3 is 0 Å². The topological polar surface area (TPSA) is 117 Å². The number of carbonyl (C=O) groups excluding carboxylic acids is 2. The van der Waals surface area contributed by atoms with Crippen molar-refractivity contribution in [3.8, 4) is 0 Å². The molecular weight excluding hydrogens is 491 g/mol. The number of benzene rings is 2. The number of ketones is 2. The minimum absolute atomic E-state index is 0.00230. The molecule has 9 nitrogen and oxygen atoms in total. The van der Waals surface area contributed by atoms with E-state index < -0.39 is 28.1 Å². The van der Waals surface area contributed by atoms with Crippen LogP contribution < -0.4 is 4.46 Å². The number of carbonyl (C=O) groups is 2. The van der Waals surface area contributed by atoms with Crippen molar-refractivity contribution < 1.29 is 19.2 Å². The first-order valence-corrected chi connectivity index (χ1v) is 12.2. The third kappa shape index (κ3) is 3.57. The van der Waals surface area contributed by atoms with Gasteiger partial charge in [-0.15, -0.1) is 0 Å². The molecule has 10 heteroatoms. The van der Waals surface area contributed by atoms with E-state index in [-0.39, 0.29) is 20.6 Å². The molecule has 166 valence electrons. The molecule has 2 heterocycles. The van der Waals surface area contributed by atoms with Gasteiger partial charge in [-0.2, -0.15) is 0 Å². The van der Waals surface area contributed by atoms with E-state index in [9.17, 15) is 19.7 Å². The molecule has 0 amide bonds. The molecule has 0 saturated heterocycles. The van der Waals surface area contributed by atoms with E-state index in [1.54, 1.807) is 41.2 Å². The molecule has 0 spiro atoms. The van der Waals surface area contributed by atoms with Gasteiger partial charge in [-0.25, -0.2) is 0 Å². The number of rotatable bonds is 5. The Bertz CT molecular complexity index is 1340. The summed E-state index contributed by atoms with van der Waals surface area (Å²) in [4.78, 5) is 36.2. The van der Waals surface area contributed by atoms with Gasteiger partial charge in [0.25, 0.3) is 0 Å². The normalized spacial score (nSPS) is 18.7. The van der Waals surface area contributed by atoms with Crippen molar-refractivity contribution in [2.24, 2.45) is 0 Å². The molecule has 33 heavy (non-hydrogen) atoms. The van der Waals surface area contributed by atoms with Crippen molar-refractivity contribution in [3.63, 3.8) is 0 Å². The van der Waals surface area contributed by atoms with Gasteiger partial charge in [0.15, 0.2) is 0 Å². The number of nitro benzene ring substituents is 1. The standard InChI is InChI=1S/C23H18N4O5Se/c1-23(2)22(18-20(29)19(28)16-5-3-4-6-17(16)21(18)32-23)26-11-13(24-25-26)12-33-15-9-7-14(8-10-15)27(30)31/h3-11,22H,12H2,1-2H3. The number of nitro groups is 1. The number of nitrogens with zero attached hydrogens (tertiary/aromatic N) is 4. The second kappa shape index (κ2) is 7.75. The second-order valence-electron chi connectivity index (χ2n) is 8.28. The van der Waals surface area contributed by atoms with E-state index in [0.717, 1.165) is 10.2 Å². The van der Waals surface area contributed by atoms with Crippen molar-refractivity contribution in [3.05, 3.63) is 87.2 Å². The summed E-state index contributed by atoms with van der Waals surface area (Å²) >= 11 is -0.00230. The fraction of sp³-hybridized carbons (Fsp3) is 0.217. The zero-order valence-electron chi connectivity index (χ0n) is 17.7. The molecule has 0 bridgehead atoms. The molecule has 0 N–H and O–H groups in total. The van der Waals surface area contributed by atoms with Gasteiger partial charge in [0.1, 0.15) is 0 Å². The Balaban J connectivity index is 1.43. The molecule has 1 aliphatic heterocycles. The van der Waals surface area contributed by atoms with Crippen LogP contribution in [0.15, 0.2) is 60.3 Å². The van der Waals surface area contributed by atoms with E-state index in [0.29, 0.717) is 27.8 Å². The van der Waals surface area contributed by atoms with Crippen molar-refractivity contribution in [2.75, 3.05) is 0 Å². The molecule has 0 fully saturated rings. The summed E-state index contributed by atoms with van der Waals surface area (Å²) in [5.74, 6) is -0.693. The van der Waals surface area contributed by atoms with Gasteiger partial charge in [0, 0.05) is 0 Å². The number of hydrogen-bond acceptors (Lipinski definition) is 7. The summed E-state index contributed by atoms with van der Waals surface area (Å²) < 4.78 is 8.80. The van der Waals surface area contributed by atoms with Crippen LogP contribution in [-0.2, 0) is 14.9 Å². The molecule has 1 atom stereocenters. The van der Waals surface area contributed by atoms with Crippen LogP contribution in [-0.4, -0.2) is 52.0 Å². The first kappa shape index (κ1) is 21.2. The van der Waals surface area contributed by atoms with Crippen molar-refractivity contribution in [1.82, 2.24) is 15.0 Å². The molecule has 1 aromatic heterocycles. The summed E-state index contributed by atoms with van der Waals surface area (Å²) in [6, 6.07) is 12.8. The fourth-order valence-corrected chi connectivity index (χ4v) is 5.80. The number of fused-ring (bicyclic) bond motifs is 2. The van der Waals surface area contributed by atoms with Crippen LogP contribution in [0.25, 0.3) is 5.76 Å². The Hall–Kier alpha value is -3.62. The van der Waals surface area contributed by atoms with Crippen LogP contribution in [0.2, 0.25) is 0 Å². The van der Waals surface area contributed by atoms with Gasteiger partial charge in [-0.1, -0.05) is 0 Å². The number of aromatic nitrogens is 3. The van der Waals surface area contributed by atoms with Crippen LogP contribution in [0, 0.1) is 10.1 Å². The summed E-state index contributed by atoms with van der Waals surface area (Å²) in [7, 11) is 0. The average Bonchev–Trinajstić information content (AvgIpc) is 3.37. The van der Waals surface area contributed by atoms with E-state index in [2.05, 4.69) is 10.3 Å². The van der Waals surface area contributed by atoms with Crippen LogP contribution in [0.3, 0.4) is 0 Å². The zero-order valence-corrected chi connectivity index (χ0v) is 19.4. The van der Waals surface area contributed by atoms with Crippen molar-refractivity contribution >= 4 is 42.4 Å². The van der Waals surface area contributed by atoms with E-state index in [4.69, 9.17) is 4.74 Å². The van der Waals surface area contributed by atoms with Gasteiger partial charge >= 0.3 is 195 Å². The van der Waals surface area contributed by atoms with E-state index in [1.165, 1.54) is 12.1 Å². The Kier molecular flexibility index (Phi) is 4.99. The first-order valence-electron chi connectivity index (χ1n) is 10.2. The SMILES string of the molecule is CC1(C)OC2=C(C(=O)C(=O)c3ccccc32)C1n1cc(C[Se]c2ccc([N+](=O)[O-])cc2)nn1. The van der Waals surface area contributed by atoms with E-state index >= 15 is 0 Å². The first-order chi connectivity index (χ1) is 15.8. The van der Waals surface area contributed by atoms with Crippen molar-refractivity contribution in [1.29, 1.82) is 0 Å². The van der Waals surface area contributed by atoms with Crippen LogP contribution in [0.5, 0.6) is 0 Å². The minimum atomic E-state index is -0.813. The maximum absolute atomic E-state index is 13.0. The number of non-ortho nitro benzene ring substituents is 1. The van der Waals surface area contributed by atoms with Crippen LogP contribution in [0.4, 0.5) is 5.69 Å². The van der Waals surface area contributed by atoms with Crippen LogP contribution in [0.1, 0.15) is 41.5 Å². The number of Topliss-reactive ketones (excluding diaryl/α,β-unsaturated/α-hetero) is 2. The van der Waals surface area contributed by atoms with Gasteiger partial charge in [0.2, 0.25) is 0 Å². The third-order valence-electron chi connectivity index (χ3n) is 5.67. The Labute approximate surface area is 194 Å². The number of hydrogen-bond donors (Lipinski definition) is 0. The summed E-state index contributed by atoms with van der Waals surface area (Å²) in [6.07, 6.45) is 1.77. The molecule has 0 saturated carbocycles. The summed E-state index contributed by atoms with van der Waals surface area (Å²) in [5.41, 5.74) is 1.25. The quantitative estimate of drug-likeness (QED) is 0.224. The summed E-state index contributed by atoms with van der Waals surface area (Å²) in [5, 5.41) is 20.0. The van der Waals surface area contributed by atoms with Gasteiger partial charge in [0.05, 0.1) is 0 Å². The zero-order chi connectivity index (χ0) is 23.3. The maximum atomic E-state index is 13.0. The Morgan fingerprint density at radius 3 is 2.48 bits per heavy atom.